The molecule has 1 heteroatoms. The van der Waals surface area contributed by atoms with Crippen LogP contribution in [-0.2, 0) is 0 Å². The van der Waals surface area contributed by atoms with Crippen molar-refractivity contribution < 1.29 is 0 Å². The van der Waals surface area contributed by atoms with Crippen LogP contribution in [0.1, 0.15) is 33.6 Å². The summed E-state index contributed by atoms with van der Waals surface area (Å²) in [6.45, 7) is 7.24. The molecule has 0 nitrogen and oxygen atoms in total. The average molecular weight is 170 g/mol. The molecule has 0 heterocycles. The van der Waals surface area contributed by atoms with E-state index >= 15 is 0 Å². The van der Waals surface area contributed by atoms with Crippen molar-refractivity contribution in [3.63, 3.8) is 0 Å². The van der Waals surface area contributed by atoms with Crippen LogP contribution in [0.25, 0.3) is 0 Å². The molecule has 0 amide bonds. The van der Waals surface area contributed by atoms with Crippen molar-refractivity contribution in [3.8, 4) is 0 Å². The van der Waals surface area contributed by atoms with E-state index in [1.807, 2.05) is 0 Å². The maximum atomic E-state index is 4.62. The predicted octanol–water partition coefficient (Wildman–Crippen LogP) is 2.99. The fourth-order valence-corrected chi connectivity index (χ4v) is 3.59. The maximum absolute atomic E-state index is 4.62. The molecule has 0 aliphatic heterocycles. The van der Waals surface area contributed by atoms with Gasteiger partial charge in [-0.25, -0.2) is 0 Å². The first-order valence-corrected chi connectivity index (χ1v) is 5.23. The van der Waals surface area contributed by atoms with E-state index in [-0.39, 0.29) is 0 Å². The van der Waals surface area contributed by atoms with Gasteiger partial charge in [0.1, 0.15) is 0 Å². The third-order valence-electron chi connectivity index (χ3n) is 4.31. The summed E-state index contributed by atoms with van der Waals surface area (Å²) in [5, 5.41) is 0.687. The zero-order chi connectivity index (χ0) is 8.22. The Bertz CT molecular complexity index is 174. The van der Waals surface area contributed by atoms with Gasteiger partial charge in [-0.05, 0) is 36.0 Å². The van der Waals surface area contributed by atoms with Crippen molar-refractivity contribution in [1.29, 1.82) is 0 Å². The van der Waals surface area contributed by atoms with Crippen LogP contribution in [0, 0.1) is 23.2 Å². The van der Waals surface area contributed by atoms with Crippen molar-refractivity contribution in [2.24, 2.45) is 23.2 Å². The normalized spacial score (nSPS) is 53.5. The number of rotatable bonds is 0. The van der Waals surface area contributed by atoms with Gasteiger partial charge >= 0.3 is 0 Å². The van der Waals surface area contributed by atoms with Gasteiger partial charge in [0.15, 0.2) is 0 Å². The quantitative estimate of drug-likeness (QED) is 0.531. The Morgan fingerprint density at radius 2 is 1.91 bits per heavy atom. The lowest BCUT2D eigenvalue weighted by atomic mass is 9.46. The lowest BCUT2D eigenvalue weighted by Gasteiger charge is -2.61. The van der Waals surface area contributed by atoms with Crippen molar-refractivity contribution >= 4 is 12.6 Å². The zero-order valence-electron chi connectivity index (χ0n) is 7.67. The van der Waals surface area contributed by atoms with Gasteiger partial charge in [-0.2, -0.15) is 12.6 Å². The SMILES string of the molecule is CC1C(S)CC2CC1C2(C)C. The molecule has 2 bridgehead atoms. The molecule has 0 aromatic carbocycles. The van der Waals surface area contributed by atoms with Gasteiger partial charge in [0.05, 0.1) is 0 Å². The molecular weight excluding hydrogens is 152 g/mol. The summed E-state index contributed by atoms with van der Waals surface area (Å²) in [7, 11) is 0. The fourth-order valence-electron chi connectivity index (χ4n) is 3.12. The standard InChI is InChI=1S/C10H18S/c1-6-8-4-7(5-9(6)11)10(8,2)3/h6-9,11H,4-5H2,1-3H3. The number of fused-ring (bicyclic) bond motifs is 2. The molecule has 0 radical (unpaired) electrons. The second-order valence-electron chi connectivity index (χ2n) is 5.02. The van der Waals surface area contributed by atoms with Crippen molar-refractivity contribution in [2.45, 2.75) is 38.9 Å². The van der Waals surface area contributed by atoms with Crippen LogP contribution in [-0.4, -0.2) is 5.25 Å². The van der Waals surface area contributed by atoms with Crippen LogP contribution >= 0.6 is 12.6 Å². The lowest BCUT2D eigenvalue weighted by molar-refractivity contribution is -0.0947. The van der Waals surface area contributed by atoms with Crippen LogP contribution in [0.4, 0.5) is 0 Å². The molecule has 4 unspecified atom stereocenters. The second-order valence-corrected chi connectivity index (χ2v) is 5.69. The van der Waals surface area contributed by atoms with Crippen molar-refractivity contribution in [3.05, 3.63) is 0 Å². The van der Waals surface area contributed by atoms with Gasteiger partial charge in [0, 0.05) is 5.25 Å². The Labute approximate surface area is 75.2 Å². The zero-order valence-corrected chi connectivity index (χ0v) is 8.57. The smallest absolute Gasteiger partial charge is 0.00481 e. The summed E-state index contributed by atoms with van der Waals surface area (Å²) >= 11 is 4.62. The van der Waals surface area contributed by atoms with E-state index in [0.717, 1.165) is 17.8 Å². The first kappa shape index (κ1) is 7.97. The minimum absolute atomic E-state index is 0.638. The molecule has 11 heavy (non-hydrogen) atoms. The van der Waals surface area contributed by atoms with E-state index in [4.69, 9.17) is 0 Å². The van der Waals surface area contributed by atoms with E-state index in [1.54, 1.807) is 0 Å². The Balaban J connectivity index is 2.17. The van der Waals surface area contributed by atoms with Crippen LogP contribution in [0.3, 0.4) is 0 Å². The first-order valence-electron chi connectivity index (χ1n) is 4.71. The molecule has 64 valence electrons. The third-order valence-corrected chi connectivity index (χ3v) is 5.00. The molecule has 0 saturated heterocycles. The summed E-state index contributed by atoms with van der Waals surface area (Å²) < 4.78 is 0. The number of hydrogen-bond acceptors (Lipinski definition) is 1. The molecule has 0 N–H and O–H groups in total. The van der Waals surface area contributed by atoms with Crippen molar-refractivity contribution in [1.82, 2.24) is 0 Å². The molecule has 3 aliphatic rings. The summed E-state index contributed by atoms with van der Waals surface area (Å²) in [5.74, 6) is 2.79. The van der Waals surface area contributed by atoms with Gasteiger partial charge in [-0.3, -0.25) is 0 Å². The topological polar surface area (TPSA) is 0 Å². The Kier molecular flexibility index (Phi) is 1.58. The summed E-state index contributed by atoms with van der Waals surface area (Å²) in [6.07, 6.45) is 2.83. The number of hydrogen-bond donors (Lipinski definition) is 1. The van der Waals surface area contributed by atoms with Gasteiger partial charge in [0.2, 0.25) is 0 Å². The molecule has 3 rings (SSSR count). The van der Waals surface area contributed by atoms with Crippen LogP contribution < -0.4 is 0 Å². The summed E-state index contributed by atoms with van der Waals surface area (Å²) in [4.78, 5) is 0. The van der Waals surface area contributed by atoms with Crippen LogP contribution in [0.15, 0.2) is 0 Å². The first-order chi connectivity index (χ1) is 5.03. The molecular formula is C10H18S. The van der Waals surface area contributed by atoms with E-state index in [9.17, 15) is 0 Å². The largest absolute Gasteiger partial charge is 0.176 e. The van der Waals surface area contributed by atoms with Gasteiger partial charge in [-0.15, -0.1) is 0 Å². The van der Waals surface area contributed by atoms with Crippen LogP contribution in [0.5, 0.6) is 0 Å². The van der Waals surface area contributed by atoms with Crippen molar-refractivity contribution in [2.75, 3.05) is 0 Å². The summed E-state index contributed by atoms with van der Waals surface area (Å²) in [6, 6.07) is 0. The average Bonchev–Trinajstić information content (AvgIpc) is 1.93. The monoisotopic (exact) mass is 170 g/mol. The van der Waals surface area contributed by atoms with E-state index in [2.05, 4.69) is 33.4 Å². The van der Waals surface area contributed by atoms with E-state index in [0.29, 0.717) is 10.7 Å². The third kappa shape index (κ3) is 0.898. The highest BCUT2D eigenvalue weighted by Crippen LogP contribution is 2.62. The lowest BCUT2D eigenvalue weighted by Crippen LogP contribution is -2.55. The van der Waals surface area contributed by atoms with Gasteiger partial charge < -0.3 is 0 Å². The number of thiol groups is 1. The minimum atomic E-state index is 0.638. The molecule has 0 aromatic rings. The molecule has 0 aromatic heterocycles. The molecule has 3 fully saturated rings. The van der Waals surface area contributed by atoms with Crippen LogP contribution in [0.2, 0.25) is 0 Å². The maximum Gasteiger partial charge on any atom is 0.00481 e. The Hall–Kier alpha value is 0.350. The Morgan fingerprint density at radius 1 is 1.27 bits per heavy atom. The predicted molar refractivity (Wildman–Crippen MR) is 51.9 cm³/mol. The fraction of sp³-hybridized carbons (Fsp3) is 1.00. The molecule has 0 spiro atoms. The van der Waals surface area contributed by atoms with Gasteiger partial charge in [-0.1, -0.05) is 20.8 Å². The molecule has 3 aliphatic carbocycles. The van der Waals surface area contributed by atoms with E-state index < -0.39 is 0 Å². The molecule has 4 atom stereocenters. The highest BCUT2D eigenvalue weighted by Gasteiger charge is 2.55. The Morgan fingerprint density at radius 3 is 2.27 bits per heavy atom. The molecule has 3 saturated carbocycles. The van der Waals surface area contributed by atoms with Gasteiger partial charge in [0.25, 0.3) is 0 Å². The second kappa shape index (κ2) is 2.18. The highest BCUT2D eigenvalue weighted by molar-refractivity contribution is 7.81. The van der Waals surface area contributed by atoms with E-state index in [1.165, 1.54) is 12.8 Å². The minimum Gasteiger partial charge on any atom is -0.176 e. The highest BCUT2D eigenvalue weighted by atomic mass is 32.1. The summed E-state index contributed by atoms with van der Waals surface area (Å²) in [5.41, 5.74) is 0.638.